The van der Waals surface area contributed by atoms with Gasteiger partial charge in [-0.25, -0.2) is 0 Å². The average Bonchev–Trinajstić information content (AvgIpc) is 3.26. The van der Waals surface area contributed by atoms with Crippen LogP contribution >= 0.6 is 12.4 Å². The summed E-state index contributed by atoms with van der Waals surface area (Å²) in [6.45, 7) is 4.10. The molecule has 35 heavy (non-hydrogen) atoms. The first-order valence-corrected chi connectivity index (χ1v) is 12.0. The second-order valence-corrected chi connectivity index (χ2v) is 9.19. The van der Waals surface area contributed by atoms with Gasteiger partial charge >= 0.3 is 0 Å². The first-order valence-electron chi connectivity index (χ1n) is 12.0. The molecule has 1 atom stereocenters. The largest absolute Gasteiger partial charge is 0.493 e. The lowest BCUT2D eigenvalue weighted by Crippen LogP contribution is -2.42. The van der Waals surface area contributed by atoms with Crippen molar-refractivity contribution >= 4 is 24.4 Å². The van der Waals surface area contributed by atoms with Crippen LogP contribution in [0.15, 0.2) is 36.5 Å². The Bertz CT molecular complexity index is 1090. The third-order valence-electron chi connectivity index (χ3n) is 6.95. The molecule has 0 bridgehead atoms. The third kappa shape index (κ3) is 5.68. The highest BCUT2D eigenvalue weighted by Gasteiger charge is 2.26. The van der Waals surface area contributed by atoms with Crippen LogP contribution in [-0.4, -0.2) is 62.9 Å². The molecule has 0 spiro atoms. The Morgan fingerprint density at radius 2 is 1.86 bits per heavy atom. The Morgan fingerprint density at radius 1 is 1.06 bits per heavy atom. The fourth-order valence-electron chi connectivity index (χ4n) is 5.09. The lowest BCUT2D eigenvalue weighted by molar-refractivity contribution is -0.128. The van der Waals surface area contributed by atoms with Gasteiger partial charge in [-0.1, -0.05) is 6.07 Å². The molecule has 3 aliphatic heterocycles. The summed E-state index contributed by atoms with van der Waals surface area (Å²) < 4.78 is 21.8. The van der Waals surface area contributed by atoms with Gasteiger partial charge in [-0.3, -0.25) is 4.79 Å². The molecule has 5 rings (SSSR count). The monoisotopic (exact) mass is 500 g/mol. The van der Waals surface area contributed by atoms with Crippen LogP contribution in [0.25, 0.3) is 6.08 Å². The van der Waals surface area contributed by atoms with E-state index in [4.69, 9.17) is 18.9 Å². The number of carbonyl (C=O) groups excluding carboxylic acids is 1. The molecule has 3 aliphatic rings. The normalized spacial score (nSPS) is 19.1. The minimum absolute atomic E-state index is 0. The van der Waals surface area contributed by atoms with Crippen molar-refractivity contribution in [2.45, 2.75) is 25.7 Å². The number of amides is 1. The predicted octanol–water partition coefficient (Wildman–Crippen LogP) is 4.16. The summed E-state index contributed by atoms with van der Waals surface area (Å²) in [6, 6.07) is 10.1. The van der Waals surface area contributed by atoms with E-state index in [1.165, 1.54) is 5.56 Å². The van der Waals surface area contributed by atoms with Gasteiger partial charge in [-0.15, -0.1) is 12.4 Å². The number of carbonyl (C=O) groups is 1. The molecule has 1 saturated heterocycles. The molecular formula is C27H33ClN2O5. The summed E-state index contributed by atoms with van der Waals surface area (Å²) >= 11 is 0. The molecule has 1 amide bonds. The number of hydrogen-bond donors (Lipinski definition) is 0. The summed E-state index contributed by atoms with van der Waals surface area (Å²) in [5, 5.41) is 0. The van der Waals surface area contributed by atoms with Gasteiger partial charge < -0.3 is 28.7 Å². The van der Waals surface area contributed by atoms with Crippen molar-refractivity contribution in [3.05, 3.63) is 53.2 Å². The van der Waals surface area contributed by atoms with E-state index < -0.39 is 0 Å². The van der Waals surface area contributed by atoms with E-state index in [-0.39, 0.29) is 25.1 Å². The predicted molar refractivity (Wildman–Crippen MR) is 137 cm³/mol. The van der Waals surface area contributed by atoms with E-state index in [0.717, 1.165) is 79.6 Å². The Kier molecular flexibility index (Phi) is 8.08. The summed E-state index contributed by atoms with van der Waals surface area (Å²) in [6.07, 6.45) is 7.62. The summed E-state index contributed by atoms with van der Waals surface area (Å²) in [7, 11) is 3.33. The van der Waals surface area contributed by atoms with E-state index in [9.17, 15) is 4.79 Å². The minimum Gasteiger partial charge on any atom is -0.493 e. The van der Waals surface area contributed by atoms with Gasteiger partial charge in [0.05, 0.1) is 20.6 Å². The lowest BCUT2D eigenvalue weighted by atomic mass is 9.96. The maximum absolute atomic E-state index is 13.0. The van der Waals surface area contributed by atoms with Gasteiger partial charge in [0, 0.05) is 25.8 Å². The van der Waals surface area contributed by atoms with Crippen LogP contribution in [0, 0.1) is 5.92 Å². The van der Waals surface area contributed by atoms with Crippen molar-refractivity contribution < 1.29 is 23.7 Å². The molecule has 0 N–H and O–H groups in total. The molecule has 2 aromatic rings. The van der Waals surface area contributed by atoms with Crippen molar-refractivity contribution in [1.29, 1.82) is 0 Å². The van der Waals surface area contributed by atoms with E-state index in [1.807, 2.05) is 35.4 Å². The number of rotatable bonds is 7. The van der Waals surface area contributed by atoms with Gasteiger partial charge in [0.2, 0.25) is 12.7 Å². The highest BCUT2D eigenvalue weighted by Crippen LogP contribution is 2.36. The molecule has 2 aromatic carbocycles. The lowest BCUT2D eigenvalue weighted by Gasteiger charge is -2.34. The molecule has 1 fully saturated rings. The Morgan fingerprint density at radius 3 is 2.66 bits per heavy atom. The van der Waals surface area contributed by atoms with Gasteiger partial charge in [0.1, 0.15) is 0 Å². The van der Waals surface area contributed by atoms with Crippen molar-refractivity contribution in [3.63, 3.8) is 0 Å². The average molecular weight is 501 g/mol. The van der Waals surface area contributed by atoms with Crippen LogP contribution in [0.4, 0.5) is 0 Å². The molecule has 0 aromatic heterocycles. The van der Waals surface area contributed by atoms with Crippen LogP contribution in [0.2, 0.25) is 0 Å². The molecule has 0 aliphatic carbocycles. The number of piperidine rings is 1. The zero-order valence-corrected chi connectivity index (χ0v) is 21.1. The zero-order valence-electron chi connectivity index (χ0n) is 20.3. The second kappa shape index (κ2) is 11.2. The second-order valence-electron chi connectivity index (χ2n) is 9.19. The standard InChI is InChI=1S/C27H32N2O5.ClH/c1-31-23-6-5-19(12-24(23)32-2)7-10-28-9-3-4-20(16-28)17-29-11-8-21-13-25-26(34-18-33-25)14-22(21)15-27(29)30;/h5-6,8,11-14,20H,3-4,7,9-10,15-18H2,1-2H3;1H. The molecule has 0 saturated carbocycles. The van der Waals surface area contributed by atoms with E-state index in [0.29, 0.717) is 12.3 Å². The molecule has 1 unspecified atom stereocenters. The molecule has 188 valence electrons. The Balaban J connectivity index is 0.00000289. The molecule has 0 radical (unpaired) electrons. The van der Waals surface area contributed by atoms with E-state index >= 15 is 0 Å². The maximum Gasteiger partial charge on any atom is 0.231 e. The topological polar surface area (TPSA) is 60.5 Å². The third-order valence-corrected chi connectivity index (χ3v) is 6.95. The van der Waals surface area contributed by atoms with Crippen molar-refractivity contribution in [3.8, 4) is 23.0 Å². The van der Waals surface area contributed by atoms with Crippen LogP contribution < -0.4 is 18.9 Å². The zero-order chi connectivity index (χ0) is 23.5. The number of halogens is 1. The highest BCUT2D eigenvalue weighted by molar-refractivity contribution is 5.85. The van der Waals surface area contributed by atoms with E-state index in [1.54, 1.807) is 14.2 Å². The van der Waals surface area contributed by atoms with Gasteiger partial charge in [-0.05, 0) is 78.8 Å². The number of likely N-dealkylation sites (tertiary alicyclic amines) is 1. The minimum atomic E-state index is 0. The van der Waals surface area contributed by atoms with Crippen LogP contribution in [-0.2, 0) is 17.6 Å². The number of hydrogen-bond acceptors (Lipinski definition) is 6. The van der Waals surface area contributed by atoms with Crippen molar-refractivity contribution in [2.75, 3.05) is 47.2 Å². The fourth-order valence-corrected chi connectivity index (χ4v) is 5.09. The Labute approximate surface area is 213 Å². The van der Waals surface area contributed by atoms with Gasteiger partial charge in [0.25, 0.3) is 0 Å². The van der Waals surface area contributed by atoms with Crippen molar-refractivity contribution in [1.82, 2.24) is 9.80 Å². The number of fused-ring (bicyclic) bond motifs is 2. The number of ether oxygens (including phenoxy) is 4. The molecule has 3 heterocycles. The van der Waals surface area contributed by atoms with Crippen LogP contribution in [0.1, 0.15) is 29.5 Å². The summed E-state index contributed by atoms with van der Waals surface area (Å²) in [5.41, 5.74) is 3.26. The Hall–Kier alpha value is -2.90. The van der Waals surface area contributed by atoms with Gasteiger partial charge in [0.15, 0.2) is 23.0 Å². The maximum atomic E-state index is 13.0. The fraction of sp³-hybridized carbons (Fsp3) is 0.444. The first kappa shape index (κ1) is 25.2. The number of nitrogens with zero attached hydrogens (tertiary/aromatic N) is 2. The summed E-state index contributed by atoms with van der Waals surface area (Å²) in [5.74, 6) is 3.60. The first-order chi connectivity index (χ1) is 16.6. The van der Waals surface area contributed by atoms with Crippen molar-refractivity contribution in [2.24, 2.45) is 5.92 Å². The number of methoxy groups -OCH3 is 2. The SMILES string of the molecule is COc1ccc(CCN2CCCC(CN3C=Cc4cc5c(cc4CC3=O)OCO5)C2)cc1OC.Cl. The summed E-state index contributed by atoms with van der Waals surface area (Å²) in [4.78, 5) is 17.4. The van der Waals surface area contributed by atoms with Gasteiger partial charge in [-0.2, -0.15) is 0 Å². The molecule has 7 nitrogen and oxygen atoms in total. The van der Waals surface area contributed by atoms with Crippen LogP contribution in [0.3, 0.4) is 0 Å². The molecule has 8 heteroatoms. The smallest absolute Gasteiger partial charge is 0.231 e. The van der Waals surface area contributed by atoms with E-state index in [2.05, 4.69) is 17.0 Å². The molecular weight excluding hydrogens is 468 g/mol. The highest BCUT2D eigenvalue weighted by atomic mass is 35.5. The van der Waals surface area contributed by atoms with Crippen LogP contribution in [0.5, 0.6) is 23.0 Å². The quantitative estimate of drug-likeness (QED) is 0.569. The number of benzene rings is 2.